The maximum atomic E-state index is 13.2. The van der Waals surface area contributed by atoms with Gasteiger partial charge in [-0.1, -0.05) is 12.1 Å². The minimum absolute atomic E-state index is 0.124. The van der Waals surface area contributed by atoms with Gasteiger partial charge in [-0.2, -0.15) is 18.2 Å². The number of imidazole rings is 1. The second kappa shape index (κ2) is 9.29. The number of benzene rings is 2. The lowest BCUT2D eigenvalue weighted by Gasteiger charge is -2.14. The van der Waals surface area contributed by atoms with Crippen molar-refractivity contribution in [2.75, 3.05) is 0 Å². The summed E-state index contributed by atoms with van der Waals surface area (Å²) in [6.45, 7) is 3.48. The van der Waals surface area contributed by atoms with E-state index in [0.29, 0.717) is 17.4 Å². The molecule has 0 amide bonds. The van der Waals surface area contributed by atoms with Gasteiger partial charge in [0.25, 0.3) is 0 Å². The highest BCUT2D eigenvalue weighted by Crippen LogP contribution is 2.36. The topological polar surface area (TPSA) is 74.4 Å². The van der Waals surface area contributed by atoms with Crippen LogP contribution in [-0.4, -0.2) is 24.3 Å². The van der Waals surface area contributed by atoms with Crippen LogP contribution < -0.4 is 9.47 Å². The van der Waals surface area contributed by atoms with Crippen molar-refractivity contribution in [2.24, 2.45) is 0 Å². The predicted molar refractivity (Wildman–Crippen MR) is 126 cm³/mol. The zero-order valence-electron chi connectivity index (χ0n) is 19.3. The van der Waals surface area contributed by atoms with Crippen LogP contribution in [0.3, 0.4) is 0 Å². The van der Waals surface area contributed by atoms with Crippen LogP contribution in [0.25, 0.3) is 17.0 Å². The Hall–Kier alpha value is -4.47. The molecule has 0 bridgehead atoms. The van der Waals surface area contributed by atoms with Crippen molar-refractivity contribution in [3.8, 4) is 28.6 Å². The molecule has 5 rings (SSSR count). The molecule has 2 aromatic carbocycles. The van der Waals surface area contributed by atoms with E-state index < -0.39 is 11.7 Å². The number of hydrogen-bond acceptors (Lipinski definition) is 6. The smallest absolute Gasteiger partial charge is 0.416 e. The minimum atomic E-state index is -4.44. The normalized spacial score (nSPS) is 11.6. The second-order valence-corrected chi connectivity index (χ2v) is 8.17. The van der Waals surface area contributed by atoms with Gasteiger partial charge < -0.3 is 9.47 Å². The zero-order chi connectivity index (χ0) is 25.3. The molecular weight excluding hydrogens is 471 g/mol. The average Bonchev–Trinajstić information content (AvgIpc) is 3.28. The molecule has 0 aliphatic carbocycles. The summed E-state index contributed by atoms with van der Waals surface area (Å²) in [5.41, 5.74) is 2.68. The van der Waals surface area contributed by atoms with Gasteiger partial charge in [-0.05, 0) is 54.8 Å². The molecule has 7 nitrogen and oxygen atoms in total. The van der Waals surface area contributed by atoms with E-state index in [1.54, 1.807) is 36.8 Å². The van der Waals surface area contributed by atoms with Crippen molar-refractivity contribution in [3.63, 3.8) is 0 Å². The number of aromatic nitrogens is 5. The van der Waals surface area contributed by atoms with Crippen molar-refractivity contribution in [2.45, 2.75) is 26.6 Å². The van der Waals surface area contributed by atoms with E-state index in [4.69, 9.17) is 9.47 Å². The molecule has 10 heteroatoms. The van der Waals surface area contributed by atoms with Crippen LogP contribution in [-0.2, 0) is 12.8 Å². The molecule has 0 saturated carbocycles. The molecule has 0 N–H and O–H groups in total. The Morgan fingerprint density at radius 2 is 1.72 bits per heavy atom. The third-order valence-electron chi connectivity index (χ3n) is 5.58. The van der Waals surface area contributed by atoms with Gasteiger partial charge in [0.2, 0.25) is 11.7 Å². The standard InChI is InChI=1S/C26H20F3N5O2/c1-16-3-5-20(10-21(16)26(27,28)29)36-23-6-4-18(9-17(23)2)14-35-24-7-8-34-22(13-32-25(34)33-24)19-11-30-15-31-12-19/h3-13,15H,14H2,1-2H3. The summed E-state index contributed by atoms with van der Waals surface area (Å²) in [5, 5.41) is 0. The first-order valence-corrected chi connectivity index (χ1v) is 11.0. The van der Waals surface area contributed by atoms with E-state index in [9.17, 15) is 13.2 Å². The van der Waals surface area contributed by atoms with Crippen LogP contribution in [0.15, 0.2) is 73.6 Å². The highest BCUT2D eigenvalue weighted by atomic mass is 19.4. The van der Waals surface area contributed by atoms with E-state index >= 15 is 0 Å². The van der Waals surface area contributed by atoms with Gasteiger partial charge in [0.05, 0.1) is 17.5 Å². The fraction of sp³-hybridized carbons (Fsp3) is 0.154. The van der Waals surface area contributed by atoms with Crippen LogP contribution in [0, 0.1) is 13.8 Å². The molecule has 0 spiro atoms. The molecule has 3 aromatic heterocycles. The maximum absolute atomic E-state index is 13.2. The Morgan fingerprint density at radius 1 is 0.917 bits per heavy atom. The number of hydrogen-bond donors (Lipinski definition) is 0. The molecule has 0 fully saturated rings. The molecular formula is C26H20F3N5O2. The summed E-state index contributed by atoms with van der Waals surface area (Å²) in [7, 11) is 0. The molecule has 0 atom stereocenters. The quantitative estimate of drug-likeness (QED) is 0.282. The Labute approximate surface area is 204 Å². The summed E-state index contributed by atoms with van der Waals surface area (Å²) in [4.78, 5) is 16.8. The first kappa shape index (κ1) is 23.3. The highest BCUT2D eigenvalue weighted by molar-refractivity contribution is 5.60. The van der Waals surface area contributed by atoms with Crippen LogP contribution in [0.5, 0.6) is 17.4 Å². The van der Waals surface area contributed by atoms with Crippen LogP contribution in [0.2, 0.25) is 0 Å². The SMILES string of the molecule is Cc1cc(COc2ccn3c(-c4cncnc4)cnc3n2)ccc1Oc1ccc(C)c(C(F)(F)F)c1. The molecule has 0 radical (unpaired) electrons. The summed E-state index contributed by atoms with van der Waals surface area (Å²) in [6, 6.07) is 11.0. The van der Waals surface area contributed by atoms with Crippen LogP contribution >= 0.6 is 0 Å². The number of fused-ring (bicyclic) bond motifs is 1. The second-order valence-electron chi connectivity index (χ2n) is 8.17. The van der Waals surface area contributed by atoms with Crippen molar-refractivity contribution in [3.05, 3.63) is 95.8 Å². The van der Waals surface area contributed by atoms with E-state index in [-0.39, 0.29) is 17.9 Å². The Kier molecular flexibility index (Phi) is 6.01. The van der Waals surface area contributed by atoms with E-state index in [0.717, 1.165) is 28.5 Å². The van der Waals surface area contributed by atoms with Gasteiger partial charge in [-0.3, -0.25) is 4.40 Å². The van der Waals surface area contributed by atoms with Crippen molar-refractivity contribution in [1.29, 1.82) is 0 Å². The van der Waals surface area contributed by atoms with Gasteiger partial charge in [-0.25, -0.2) is 15.0 Å². The Morgan fingerprint density at radius 3 is 2.47 bits per heavy atom. The van der Waals surface area contributed by atoms with Gasteiger partial charge in [0.15, 0.2) is 0 Å². The summed E-state index contributed by atoms with van der Waals surface area (Å²) in [6.07, 6.45) is 3.92. The monoisotopic (exact) mass is 491 g/mol. The minimum Gasteiger partial charge on any atom is -0.473 e. The molecule has 0 unspecified atom stereocenters. The van der Waals surface area contributed by atoms with Gasteiger partial charge in [0.1, 0.15) is 24.4 Å². The lowest BCUT2D eigenvalue weighted by molar-refractivity contribution is -0.138. The average molecular weight is 491 g/mol. The number of halogens is 3. The lowest BCUT2D eigenvalue weighted by atomic mass is 10.1. The molecule has 36 heavy (non-hydrogen) atoms. The van der Waals surface area contributed by atoms with Crippen LogP contribution in [0.1, 0.15) is 22.3 Å². The van der Waals surface area contributed by atoms with Crippen molar-refractivity contribution >= 4 is 5.78 Å². The number of nitrogens with zero attached hydrogens (tertiary/aromatic N) is 5. The molecule has 3 heterocycles. The fourth-order valence-electron chi connectivity index (χ4n) is 3.75. The van der Waals surface area contributed by atoms with Crippen molar-refractivity contribution < 1.29 is 22.6 Å². The van der Waals surface area contributed by atoms with E-state index in [1.807, 2.05) is 23.6 Å². The number of rotatable bonds is 6. The highest BCUT2D eigenvalue weighted by Gasteiger charge is 2.32. The van der Waals surface area contributed by atoms with E-state index in [2.05, 4.69) is 19.9 Å². The number of alkyl halides is 3. The molecule has 0 saturated heterocycles. The van der Waals surface area contributed by atoms with E-state index in [1.165, 1.54) is 25.4 Å². The maximum Gasteiger partial charge on any atom is 0.416 e. The molecule has 182 valence electrons. The number of aryl methyl sites for hydroxylation is 2. The van der Waals surface area contributed by atoms with Gasteiger partial charge in [-0.15, -0.1) is 0 Å². The van der Waals surface area contributed by atoms with Crippen molar-refractivity contribution in [1.82, 2.24) is 24.3 Å². The van der Waals surface area contributed by atoms with Gasteiger partial charge in [0, 0.05) is 30.2 Å². The van der Waals surface area contributed by atoms with Crippen LogP contribution in [0.4, 0.5) is 13.2 Å². The predicted octanol–water partition coefficient (Wildman–Crippen LogP) is 6.19. The third-order valence-corrected chi connectivity index (χ3v) is 5.58. The molecule has 5 aromatic rings. The van der Waals surface area contributed by atoms with Gasteiger partial charge >= 0.3 is 6.18 Å². The molecule has 0 aliphatic rings. The first-order chi connectivity index (χ1) is 17.3. The lowest BCUT2D eigenvalue weighted by Crippen LogP contribution is -2.07. The Bertz CT molecular complexity index is 1530. The summed E-state index contributed by atoms with van der Waals surface area (Å²) >= 11 is 0. The number of ether oxygens (including phenoxy) is 2. The zero-order valence-corrected chi connectivity index (χ0v) is 19.3. The summed E-state index contributed by atoms with van der Waals surface area (Å²) < 4.78 is 53.0. The Balaban J connectivity index is 1.28. The largest absolute Gasteiger partial charge is 0.473 e. The fourth-order valence-corrected chi connectivity index (χ4v) is 3.75. The first-order valence-electron chi connectivity index (χ1n) is 11.0. The third kappa shape index (κ3) is 4.83. The molecule has 0 aliphatic heterocycles. The summed E-state index contributed by atoms with van der Waals surface area (Å²) in [5.74, 6) is 1.47.